The fraction of sp³-hybridized carbons (Fsp3) is 0.263. The van der Waals surface area contributed by atoms with Gasteiger partial charge in [0.2, 0.25) is 12.2 Å². The molecule has 22 heavy (non-hydrogen) atoms. The molecule has 1 N–H and O–H groups in total. The fourth-order valence-corrected chi connectivity index (χ4v) is 2.21. The standard InChI is InChI=1S/C19H21NO2/c1-19(2,3)16-10-7-15(8-11-16)9-12-17-6-4-5-13-20(17)14-18(21)22/h4-13H,14H2,1-3H3/p+1/b12-9+. The van der Waals surface area contributed by atoms with E-state index in [-0.39, 0.29) is 12.0 Å². The number of rotatable bonds is 4. The minimum absolute atomic E-state index is 0.0382. The number of carbonyl (C=O) groups is 1. The lowest BCUT2D eigenvalue weighted by Gasteiger charge is -2.18. The Kier molecular flexibility index (Phi) is 4.76. The van der Waals surface area contributed by atoms with Crippen LogP contribution in [0.4, 0.5) is 0 Å². The normalized spacial score (nSPS) is 11.8. The van der Waals surface area contributed by atoms with Crippen molar-refractivity contribution in [1.82, 2.24) is 0 Å². The highest BCUT2D eigenvalue weighted by atomic mass is 16.4. The number of aliphatic carboxylic acids is 1. The van der Waals surface area contributed by atoms with Gasteiger partial charge in [0, 0.05) is 18.2 Å². The molecule has 0 aliphatic rings. The first-order chi connectivity index (χ1) is 10.4. The third kappa shape index (κ3) is 4.29. The number of benzene rings is 1. The van der Waals surface area contributed by atoms with E-state index in [2.05, 4.69) is 45.0 Å². The van der Waals surface area contributed by atoms with Gasteiger partial charge in [0.25, 0.3) is 0 Å². The van der Waals surface area contributed by atoms with Gasteiger partial charge >= 0.3 is 5.97 Å². The average molecular weight is 296 g/mol. The summed E-state index contributed by atoms with van der Waals surface area (Å²) in [4.78, 5) is 10.9. The van der Waals surface area contributed by atoms with E-state index in [1.807, 2.05) is 30.4 Å². The third-order valence-corrected chi connectivity index (χ3v) is 3.50. The summed E-state index contributed by atoms with van der Waals surface area (Å²) in [6.07, 6.45) is 5.71. The Balaban J connectivity index is 2.20. The molecule has 3 nitrogen and oxygen atoms in total. The number of carboxylic acids is 1. The minimum Gasteiger partial charge on any atom is -0.477 e. The molecular weight excluding hydrogens is 274 g/mol. The molecule has 0 bridgehead atoms. The van der Waals surface area contributed by atoms with Crippen molar-refractivity contribution < 1.29 is 14.5 Å². The van der Waals surface area contributed by atoms with Crippen LogP contribution in [-0.4, -0.2) is 11.1 Å². The Morgan fingerprint density at radius 1 is 1.09 bits per heavy atom. The Bertz CT molecular complexity index is 679. The zero-order chi connectivity index (χ0) is 16.2. The van der Waals surface area contributed by atoms with Crippen molar-refractivity contribution in [2.45, 2.75) is 32.7 Å². The topological polar surface area (TPSA) is 41.2 Å². The Labute approximate surface area is 131 Å². The molecule has 0 amide bonds. The summed E-state index contributed by atoms with van der Waals surface area (Å²) in [5.74, 6) is -0.847. The molecule has 2 rings (SSSR count). The van der Waals surface area contributed by atoms with Crippen molar-refractivity contribution in [2.24, 2.45) is 0 Å². The molecule has 0 atom stereocenters. The van der Waals surface area contributed by atoms with E-state index in [0.29, 0.717) is 0 Å². The number of carboxylic acid groups (broad SMARTS) is 1. The highest BCUT2D eigenvalue weighted by Crippen LogP contribution is 2.22. The van der Waals surface area contributed by atoms with Gasteiger partial charge < -0.3 is 5.11 Å². The molecule has 0 aliphatic heterocycles. The van der Waals surface area contributed by atoms with Crippen LogP contribution in [0.1, 0.15) is 37.6 Å². The van der Waals surface area contributed by atoms with E-state index in [9.17, 15) is 4.79 Å². The van der Waals surface area contributed by atoms with E-state index in [1.54, 1.807) is 10.8 Å². The van der Waals surface area contributed by atoms with Crippen molar-refractivity contribution in [3.8, 4) is 0 Å². The maximum absolute atomic E-state index is 10.9. The second-order valence-corrected chi connectivity index (χ2v) is 6.35. The predicted octanol–water partition coefficient (Wildman–Crippen LogP) is 3.53. The van der Waals surface area contributed by atoms with Crippen molar-refractivity contribution in [1.29, 1.82) is 0 Å². The van der Waals surface area contributed by atoms with Crippen LogP contribution in [0.2, 0.25) is 0 Å². The van der Waals surface area contributed by atoms with Crippen LogP contribution in [0.5, 0.6) is 0 Å². The predicted molar refractivity (Wildman–Crippen MR) is 88.3 cm³/mol. The first-order valence-corrected chi connectivity index (χ1v) is 7.35. The molecule has 0 saturated carbocycles. The van der Waals surface area contributed by atoms with E-state index in [1.165, 1.54) is 5.56 Å². The van der Waals surface area contributed by atoms with Gasteiger partial charge in [-0.3, -0.25) is 0 Å². The number of aromatic nitrogens is 1. The smallest absolute Gasteiger partial charge is 0.370 e. The third-order valence-electron chi connectivity index (χ3n) is 3.50. The minimum atomic E-state index is -0.847. The van der Waals surface area contributed by atoms with Crippen LogP contribution in [0.3, 0.4) is 0 Å². The summed E-state index contributed by atoms with van der Waals surface area (Å²) < 4.78 is 1.71. The van der Waals surface area contributed by atoms with Gasteiger partial charge in [-0.05, 0) is 28.7 Å². The quantitative estimate of drug-likeness (QED) is 0.877. The van der Waals surface area contributed by atoms with Gasteiger partial charge in [-0.1, -0.05) is 45.0 Å². The molecule has 2 aromatic rings. The van der Waals surface area contributed by atoms with Crippen LogP contribution in [-0.2, 0) is 16.8 Å². The van der Waals surface area contributed by atoms with Gasteiger partial charge in [0.15, 0.2) is 6.20 Å². The van der Waals surface area contributed by atoms with Gasteiger partial charge in [-0.2, -0.15) is 4.57 Å². The maximum atomic E-state index is 10.9. The Morgan fingerprint density at radius 2 is 1.77 bits per heavy atom. The summed E-state index contributed by atoms with van der Waals surface area (Å²) in [6.45, 7) is 6.54. The van der Waals surface area contributed by atoms with E-state index < -0.39 is 5.97 Å². The molecule has 0 unspecified atom stereocenters. The lowest BCUT2D eigenvalue weighted by Crippen LogP contribution is -2.40. The largest absolute Gasteiger partial charge is 0.477 e. The zero-order valence-corrected chi connectivity index (χ0v) is 13.3. The highest BCUT2D eigenvalue weighted by molar-refractivity contribution is 5.68. The van der Waals surface area contributed by atoms with E-state index >= 15 is 0 Å². The second-order valence-electron chi connectivity index (χ2n) is 6.35. The van der Waals surface area contributed by atoms with E-state index in [0.717, 1.165) is 11.3 Å². The summed E-state index contributed by atoms with van der Waals surface area (Å²) in [6, 6.07) is 14.1. The van der Waals surface area contributed by atoms with Gasteiger partial charge in [-0.15, -0.1) is 0 Å². The molecular formula is C19H22NO2+. The lowest BCUT2D eigenvalue weighted by molar-refractivity contribution is -0.687. The maximum Gasteiger partial charge on any atom is 0.370 e. The first kappa shape index (κ1) is 16.0. The van der Waals surface area contributed by atoms with Gasteiger partial charge in [0.1, 0.15) is 0 Å². The fourth-order valence-electron chi connectivity index (χ4n) is 2.21. The highest BCUT2D eigenvalue weighted by Gasteiger charge is 2.13. The summed E-state index contributed by atoms with van der Waals surface area (Å²) >= 11 is 0. The Hall–Kier alpha value is -2.42. The van der Waals surface area contributed by atoms with Crippen LogP contribution in [0.15, 0.2) is 48.7 Å². The SMILES string of the molecule is CC(C)(C)c1ccc(/C=C/c2cccc[n+]2CC(=O)O)cc1. The lowest BCUT2D eigenvalue weighted by atomic mass is 9.87. The number of hydrogen-bond acceptors (Lipinski definition) is 1. The van der Waals surface area contributed by atoms with Gasteiger partial charge in [-0.25, -0.2) is 4.79 Å². The van der Waals surface area contributed by atoms with Crippen molar-refractivity contribution in [3.05, 3.63) is 65.5 Å². The molecule has 114 valence electrons. The molecule has 0 radical (unpaired) electrons. The van der Waals surface area contributed by atoms with Crippen LogP contribution < -0.4 is 4.57 Å². The zero-order valence-electron chi connectivity index (χ0n) is 13.3. The number of pyridine rings is 1. The molecule has 0 aliphatic carbocycles. The van der Waals surface area contributed by atoms with E-state index in [4.69, 9.17) is 5.11 Å². The van der Waals surface area contributed by atoms with Crippen LogP contribution >= 0.6 is 0 Å². The number of nitrogens with zero attached hydrogens (tertiary/aromatic N) is 1. The molecule has 0 spiro atoms. The van der Waals surface area contributed by atoms with Crippen LogP contribution in [0, 0.1) is 0 Å². The summed E-state index contributed by atoms with van der Waals surface area (Å²) in [5.41, 5.74) is 3.40. The van der Waals surface area contributed by atoms with Crippen molar-refractivity contribution >= 4 is 18.1 Å². The molecule has 3 heteroatoms. The first-order valence-electron chi connectivity index (χ1n) is 7.35. The molecule has 1 heterocycles. The average Bonchev–Trinajstić information content (AvgIpc) is 2.45. The summed E-state index contributed by atoms with van der Waals surface area (Å²) in [7, 11) is 0. The molecule has 0 saturated heterocycles. The second kappa shape index (κ2) is 6.56. The number of hydrogen-bond donors (Lipinski definition) is 1. The van der Waals surface area contributed by atoms with Gasteiger partial charge in [0.05, 0.1) is 0 Å². The van der Waals surface area contributed by atoms with Crippen LogP contribution in [0.25, 0.3) is 12.2 Å². The Morgan fingerprint density at radius 3 is 2.36 bits per heavy atom. The summed E-state index contributed by atoms with van der Waals surface area (Å²) in [5, 5.41) is 8.94. The molecule has 0 fully saturated rings. The monoisotopic (exact) mass is 296 g/mol. The van der Waals surface area contributed by atoms with Crippen molar-refractivity contribution in [2.75, 3.05) is 0 Å². The van der Waals surface area contributed by atoms with Crippen molar-refractivity contribution in [3.63, 3.8) is 0 Å². The molecule has 1 aromatic carbocycles. The molecule has 1 aromatic heterocycles.